The van der Waals surface area contributed by atoms with Crippen LogP contribution >= 0.6 is 0 Å². The lowest BCUT2D eigenvalue weighted by atomic mass is 10.1. The van der Waals surface area contributed by atoms with Gasteiger partial charge in [0, 0.05) is 12.1 Å². The second-order valence-electron chi connectivity index (χ2n) is 7.54. The summed E-state index contributed by atoms with van der Waals surface area (Å²) in [5.74, 6) is -1.07. The molecule has 0 fully saturated rings. The minimum Gasteiger partial charge on any atom is -0.371 e. The maximum Gasteiger partial charge on any atom is 0.251 e. The van der Waals surface area contributed by atoms with Gasteiger partial charge in [-0.05, 0) is 42.7 Å². The minimum absolute atomic E-state index is 0.116. The zero-order valence-electron chi connectivity index (χ0n) is 17.2. The van der Waals surface area contributed by atoms with E-state index in [9.17, 15) is 18.0 Å². The third-order valence-corrected chi connectivity index (χ3v) is 6.65. The van der Waals surface area contributed by atoms with Gasteiger partial charge in [-0.25, -0.2) is 8.42 Å². The molecule has 2 aromatic rings. The number of rotatable bonds is 8. The molecule has 0 saturated heterocycles. The molecule has 1 heterocycles. The van der Waals surface area contributed by atoms with Crippen LogP contribution in [0.25, 0.3) is 0 Å². The summed E-state index contributed by atoms with van der Waals surface area (Å²) in [7, 11) is -3.51. The van der Waals surface area contributed by atoms with Crippen molar-refractivity contribution in [1.29, 1.82) is 0 Å². The van der Waals surface area contributed by atoms with Crippen LogP contribution in [0.2, 0.25) is 0 Å². The number of amides is 2. The van der Waals surface area contributed by atoms with Crippen LogP contribution in [-0.2, 0) is 20.4 Å². The zero-order chi connectivity index (χ0) is 21.7. The smallest absolute Gasteiger partial charge is 0.251 e. The molecule has 3 rings (SSSR count). The normalized spacial score (nSPS) is 15.7. The van der Waals surface area contributed by atoms with Crippen molar-refractivity contribution >= 4 is 33.0 Å². The van der Waals surface area contributed by atoms with Gasteiger partial charge >= 0.3 is 0 Å². The van der Waals surface area contributed by atoms with Gasteiger partial charge in [0.1, 0.15) is 6.04 Å². The summed E-state index contributed by atoms with van der Waals surface area (Å²) < 4.78 is 25.3. The van der Waals surface area contributed by atoms with Gasteiger partial charge in [-0.1, -0.05) is 37.6 Å². The standard InChI is InChI=1S/C22H27N3O4S/c1-3-4-11-23-21(26)16-9-10-18-19(12-16)25-22(27)20(24-18)14-30(28,29)13-17-8-6-5-7-15(17)2/h5-10,12,20,24H,3-4,11,13-14H2,1-2H3,(H,23,26)(H,25,27)/t20-/m1/s1. The summed E-state index contributed by atoms with van der Waals surface area (Å²) in [6.45, 7) is 4.50. The average molecular weight is 430 g/mol. The molecule has 2 amide bonds. The number of unbranched alkanes of at least 4 members (excludes halogenated alkanes) is 1. The quantitative estimate of drug-likeness (QED) is 0.560. The van der Waals surface area contributed by atoms with Crippen molar-refractivity contribution in [1.82, 2.24) is 5.32 Å². The number of nitrogens with one attached hydrogen (secondary N) is 3. The van der Waals surface area contributed by atoms with E-state index in [0.717, 1.165) is 24.0 Å². The molecule has 0 aliphatic carbocycles. The van der Waals surface area contributed by atoms with E-state index in [1.807, 2.05) is 26.0 Å². The van der Waals surface area contributed by atoms with Crippen LogP contribution in [0.4, 0.5) is 11.4 Å². The molecule has 1 aliphatic rings. The molecule has 0 aromatic heterocycles. The topological polar surface area (TPSA) is 104 Å². The van der Waals surface area contributed by atoms with Crippen LogP contribution < -0.4 is 16.0 Å². The van der Waals surface area contributed by atoms with E-state index in [0.29, 0.717) is 23.5 Å². The first kappa shape index (κ1) is 21.8. The number of carbonyl (C=O) groups excluding carboxylic acids is 2. The fourth-order valence-corrected chi connectivity index (χ4v) is 4.97. The molecule has 7 nitrogen and oxygen atoms in total. The van der Waals surface area contributed by atoms with Gasteiger partial charge in [-0.15, -0.1) is 0 Å². The Morgan fingerprint density at radius 3 is 2.63 bits per heavy atom. The van der Waals surface area contributed by atoms with Gasteiger partial charge in [0.05, 0.1) is 22.9 Å². The molecule has 2 aromatic carbocycles. The van der Waals surface area contributed by atoms with Gasteiger partial charge in [0.15, 0.2) is 9.84 Å². The van der Waals surface area contributed by atoms with Gasteiger partial charge in [0.25, 0.3) is 5.91 Å². The van der Waals surface area contributed by atoms with E-state index in [1.165, 1.54) is 0 Å². The number of benzene rings is 2. The molecular weight excluding hydrogens is 402 g/mol. The second-order valence-corrected chi connectivity index (χ2v) is 9.65. The van der Waals surface area contributed by atoms with Crippen LogP contribution in [-0.4, -0.2) is 38.6 Å². The molecule has 0 unspecified atom stereocenters. The Labute approximate surface area is 177 Å². The number of sulfone groups is 1. The van der Waals surface area contributed by atoms with Crippen LogP contribution in [0.5, 0.6) is 0 Å². The molecular formula is C22H27N3O4S. The average Bonchev–Trinajstić information content (AvgIpc) is 2.69. The minimum atomic E-state index is -3.51. The first-order valence-corrected chi connectivity index (χ1v) is 11.9. The molecule has 0 radical (unpaired) electrons. The van der Waals surface area contributed by atoms with Crippen molar-refractivity contribution in [3.63, 3.8) is 0 Å². The molecule has 160 valence electrons. The molecule has 3 N–H and O–H groups in total. The highest BCUT2D eigenvalue weighted by Crippen LogP contribution is 2.28. The molecule has 1 atom stereocenters. The molecule has 30 heavy (non-hydrogen) atoms. The van der Waals surface area contributed by atoms with Gasteiger partial charge in [-0.3, -0.25) is 9.59 Å². The third-order valence-electron chi connectivity index (χ3n) is 5.06. The SMILES string of the molecule is CCCCNC(=O)c1ccc2c(c1)NC(=O)[C@@H](CS(=O)(=O)Cc1ccccc1C)N2. The largest absolute Gasteiger partial charge is 0.371 e. The van der Waals surface area contributed by atoms with Crippen molar-refractivity contribution in [2.75, 3.05) is 22.9 Å². The number of fused-ring (bicyclic) bond motifs is 1. The van der Waals surface area contributed by atoms with Crippen molar-refractivity contribution in [2.24, 2.45) is 0 Å². The maximum absolute atomic E-state index is 12.7. The molecule has 0 bridgehead atoms. The summed E-state index contributed by atoms with van der Waals surface area (Å²) in [6, 6.07) is 11.3. The Morgan fingerprint density at radius 1 is 1.13 bits per heavy atom. The number of hydrogen-bond acceptors (Lipinski definition) is 5. The van der Waals surface area contributed by atoms with Crippen LogP contribution in [0.15, 0.2) is 42.5 Å². The first-order chi connectivity index (χ1) is 14.3. The lowest BCUT2D eigenvalue weighted by Gasteiger charge is -2.27. The first-order valence-electron chi connectivity index (χ1n) is 10.0. The van der Waals surface area contributed by atoms with Crippen molar-refractivity contribution in [3.8, 4) is 0 Å². The molecule has 0 saturated carbocycles. The Kier molecular flexibility index (Phi) is 6.77. The van der Waals surface area contributed by atoms with E-state index >= 15 is 0 Å². The van der Waals surface area contributed by atoms with Gasteiger partial charge in [0.2, 0.25) is 5.91 Å². The molecule has 0 spiro atoms. The van der Waals surface area contributed by atoms with Gasteiger partial charge < -0.3 is 16.0 Å². The summed E-state index contributed by atoms with van der Waals surface area (Å²) >= 11 is 0. The lowest BCUT2D eigenvalue weighted by molar-refractivity contribution is -0.116. The monoisotopic (exact) mass is 429 g/mol. The number of anilines is 2. The summed E-state index contributed by atoms with van der Waals surface area (Å²) in [5.41, 5.74) is 3.13. The highest BCUT2D eigenvalue weighted by molar-refractivity contribution is 7.90. The fraction of sp³-hybridized carbons (Fsp3) is 0.364. The van der Waals surface area contributed by atoms with E-state index in [2.05, 4.69) is 16.0 Å². The Hall–Kier alpha value is -2.87. The summed E-state index contributed by atoms with van der Waals surface area (Å²) in [5, 5.41) is 8.56. The van der Waals surface area contributed by atoms with E-state index in [-0.39, 0.29) is 17.4 Å². The van der Waals surface area contributed by atoms with E-state index in [4.69, 9.17) is 0 Å². The lowest BCUT2D eigenvalue weighted by Crippen LogP contribution is -2.43. The van der Waals surface area contributed by atoms with Crippen molar-refractivity contribution in [3.05, 3.63) is 59.2 Å². The predicted molar refractivity (Wildman–Crippen MR) is 118 cm³/mol. The van der Waals surface area contributed by atoms with Crippen molar-refractivity contribution in [2.45, 2.75) is 38.5 Å². The van der Waals surface area contributed by atoms with Crippen LogP contribution in [0, 0.1) is 6.92 Å². The predicted octanol–water partition coefficient (Wildman–Crippen LogP) is 2.87. The van der Waals surface area contributed by atoms with Crippen LogP contribution in [0.3, 0.4) is 0 Å². The summed E-state index contributed by atoms with van der Waals surface area (Å²) in [4.78, 5) is 24.7. The molecule has 8 heteroatoms. The van der Waals surface area contributed by atoms with Crippen molar-refractivity contribution < 1.29 is 18.0 Å². The maximum atomic E-state index is 12.7. The number of carbonyl (C=O) groups is 2. The Morgan fingerprint density at radius 2 is 1.90 bits per heavy atom. The second kappa shape index (κ2) is 9.30. The third kappa shape index (κ3) is 5.38. The number of hydrogen-bond donors (Lipinski definition) is 3. The zero-order valence-corrected chi connectivity index (χ0v) is 18.0. The fourth-order valence-electron chi connectivity index (χ4n) is 3.31. The molecule has 1 aliphatic heterocycles. The van der Waals surface area contributed by atoms with E-state index < -0.39 is 21.8 Å². The van der Waals surface area contributed by atoms with Gasteiger partial charge in [-0.2, -0.15) is 0 Å². The van der Waals surface area contributed by atoms with E-state index in [1.54, 1.807) is 30.3 Å². The Balaban J connectivity index is 1.69. The number of aryl methyl sites for hydroxylation is 1. The highest BCUT2D eigenvalue weighted by atomic mass is 32.2. The Bertz CT molecular complexity index is 1050. The van der Waals surface area contributed by atoms with Crippen LogP contribution in [0.1, 0.15) is 41.3 Å². The summed E-state index contributed by atoms with van der Waals surface area (Å²) in [6.07, 6.45) is 1.88. The highest BCUT2D eigenvalue weighted by Gasteiger charge is 2.30.